The predicted octanol–water partition coefficient (Wildman–Crippen LogP) is 11.7. The molecular formula is C51H37N5O2Pt. The van der Waals surface area contributed by atoms with Crippen LogP contribution in [0, 0.1) is 12.1 Å². The van der Waals surface area contributed by atoms with Crippen molar-refractivity contribution in [3.8, 4) is 50.9 Å². The second kappa shape index (κ2) is 15.2. The van der Waals surface area contributed by atoms with E-state index in [-0.39, 0.29) is 76.9 Å². The summed E-state index contributed by atoms with van der Waals surface area (Å²) in [6.45, 7) is 6.44. The van der Waals surface area contributed by atoms with Crippen molar-refractivity contribution in [3.63, 3.8) is 0 Å². The summed E-state index contributed by atoms with van der Waals surface area (Å²) >= 11 is 0. The average Bonchev–Trinajstić information content (AvgIpc) is 3.82. The van der Waals surface area contributed by atoms with Gasteiger partial charge in [-0.15, -0.1) is 35.7 Å². The van der Waals surface area contributed by atoms with Gasteiger partial charge < -0.3 is 9.30 Å². The van der Waals surface area contributed by atoms with Crippen molar-refractivity contribution in [2.45, 2.75) is 26.2 Å². The van der Waals surface area contributed by atoms with E-state index in [0.29, 0.717) is 5.75 Å². The molecule has 0 aliphatic heterocycles. The second-order valence-corrected chi connectivity index (χ2v) is 14.6. The number of imidazole rings is 1. The second-order valence-electron chi connectivity index (χ2n) is 14.6. The number of hydrogen-bond acceptors (Lipinski definition) is 4. The number of aromatic nitrogens is 5. The molecule has 0 aliphatic rings. The zero-order valence-electron chi connectivity index (χ0n) is 41.8. The molecule has 0 bridgehead atoms. The first-order valence-electron chi connectivity index (χ1n) is 23.5. The van der Waals surface area contributed by atoms with Crippen LogP contribution in [-0.2, 0) is 26.5 Å². The first-order valence-corrected chi connectivity index (χ1v) is 18.5. The Bertz CT molecular complexity index is 3680. The van der Waals surface area contributed by atoms with Gasteiger partial charge in [-0.05, 0) is 51.8 Å². The molecule has 0 saturated heterocycles. The molecule has 0 atom stereocenters. The molecule has 8 heteroatoms. The van der Waals surface area contributed by atoms with Gasteiger partial charge in [-0.3, -0.25) is 14.1 Å². The van der Waals surface area contributed by atoms with Gasteiger partial charge in [0.25, 0.3) is 0 Å². The van der Waals surface area contributed by atoms with E-state index in [9.17, 15) is 0 Å². The standard InChI is InChI=1S/C51H37N5O2.Pt/c1-51(2,3)36-26-29-53-48(30-36)55-44-23-11-10-20-42(44)43-25-24-39(32-46(43)55)58-38-19-12-18-37(31-38)54-47-33-52-28-27-45(47)56(50(54)57)49-40(34-14-6-4-7-15-34)21-13-22-41(49)35-16-8-5-9-17-35;/h4-30,33H,1-3H3;/q-2;+2/i4D,5D,6D,7D,8D,9D,14D,15D,16D,17D;. The van der Waals surface area contributed by atoms with E-state index in [2.05, 4.69) is 48.5 Å². The fourth-order valence-electron chi connectivity index (χ4n) is 7.38. The number of para-hydroxylation sites is 2. The Labute approximate surface area is 370 Å². The Morgan fingerprint density at radius 1 is 0.644 bits per heavy atom. The van der Waals surface area contributed by atoms with E-state index in [0.717, 1.165) is 33.2 Å². The molecule has 10 aromatic rings. The molecule has 0 amide bonds. The normalized spacial score (nSPS) is 13.9. The largest absolute Gasteiger partial charge is 2.00 e. The maximum atomic E-state index is 15.4. The minimum absolute atomic E-state index is 0. The molecule has 59 heavy (non-hydrogen) atoms. The van der Waals surface area contributed by atoms with Gasteiger partial charge >= 0.3 is 26.8 Å². The van der Waals surface area contributed by atoms with Gasteiger partial charge in [0.15, 0.2) is 0 Å². The van der Waals surface area contributed by atoms with Crippen LogP contribution in [0.1, 0.15) is 40.0 Å². The monoisotopic (exact) mass is 956 g/mol. The first kappa shape index (κ1) is 27.7. The van der Waals surface area contributed by atoms with Crippen LogP contribution in [0.4, 0.5) is 0 Å². The van der Waals surface area contributed by atoms with Gasteiger partial charge in [-0.2, -0.15) is 12.1 Å². The third-order valence-corrected chi connectivity index (χ3v) is 10.1. The van der Waals surface area contributed by atoms with E-state index in [4.69, 9.17) is 23.4 Å². The molecule has 0 spiro atoms. The summed E-state index contributed by atoms with van der Waals surface area (Å²) in [4.78, 5) is 24.5. The third kappa shape index (κ3) is 6.67. The first-order chi connectivity index (χ1) is 32.5. The van der Waals surface area contributed by atoms with Crippen LogP contribution in [0.2, 0.25) is 0 Å². The Morgan fingerprint density at radius 3 is 2.07 bits per heavy atom. The molecule has 0 aliphatic carbocycles. The summed E-state index contributed by atoms with van der Waals surface area (Å²) in [5, 5.41) is 1.95. The number of benzene rings is 6. The van der Waals surface area contributed by atoms with E-state index in [1.165, 1.54) is 39.7 Å². The van der Waals surface area contributed by atoms with Gasteiger partial charge in [0.05, 0.1) is 36.6 Å². The van der Waals surface area contributed by atoms with Crippen LogP contribution in [0.25, 0.3) is 72.3 Å². The van der Waals surface area contributed by atoms with Crippen LogP contribution >= 0.6 is 0 Å². The Morgan fingerprint density at radius 2 is 1.34 bits per heavy atom. The summed E-state index contributed by atoms with van der Waals surface area (Å²) in [5.41, 5.74) is 1.92. The minimum Gasteiger partial charge on any atom is -0.509 e. The van der Waals surface area contributed by atoms with E-state index < -0.39 is 66.1 Å². The van der Waals surface area contributed by atoms with Gasteiger partial charge in [-0.1, -0.05) is 129 Å². The smallest absolute Gasteiger partial charge is 0.509 e. The third-order valence-electron chi connectivity index (χ3n) is 10.1. The maximum absolute atomic E-state index is 15.4. The van der Waals surface area contributed by atoms with E-state index in [1.54, 1.807) is 36.5 Å². The van der Waals surface area contributed by atoms with Crippen molar-refractivity contribution in [2.24, 2.45) is 0 Å². The zero-order chi connectivity index (χ0) is 48.1. The molecule has 6 aromatic carbocycles. The molecular weight excluding hydrogens is 910 g/mol. The number of pyridine rings is 2. The fraction of sp³-hybridized carbons (Fsp3) is 0.0784. The Kier molecular flexibility index (Phi) is 7.13. The van der Waals surface area contributed by atoms with Gasteiger partial charge in [0, 0.05) is 40.5 Å². The van der Waals surface area contributed by atoms with Gasteiger partial charge in [0.1, 0.15) is 5.82 Å². The zero-order valence-corrected chi connectivity index (χ0v) is 34.0. The van der Waals surface area contributed by atoms with Gasteiger partial charge in [0.2, 0.25) is 0 Å². The fourth-order valence-corrected chi connectivity index (χ4v) is 7.38. The summed E-state index contributed by atoms with van der Waals surface area (Å²) < 4.78 is 97.5. The van der Waals surface area contributed by atoms with Crippen molar-refractivity contribution in [2.75, 3.05) is 0 Å². The molecule has 10 rings (SSSR count). The van der Waals surface area contributed by atoms with E-state index in [1.807, 2.05) is 36.4 Å². The van der Waals surface area contributed by atoms with E-state index >= 15 is 4.79 Å². The molecule has 0 N–H and O–H groups in total. The van der Waals surface area contributed by atoms with Crippen LogP contribution in [-0.4, -0.2) is 23.7 Å². The minimum atomic E-state index is -0.739. The van der Waals surface area contributed by atoms with Crippen LogP contribution in [0.15, 0.2) is 175 Å². The molecule has 0 radical (unpaired) electrons. The topological polar surface area (TPSA) is 66.9 Å². The molecule has 4 heterocycles. The summed E-state index contributed by atoms with van der Waals surface area (Å²) in [5.74, 6) is 1.30. The Hall–Kier alpha value is -6.82. The molecule has 0 saturated carbocycles. The van der Waals surface area contributed by atoms with Crippen molar-refractivity contribution < 1.29 is 39.5 Å². The number of nitrogens with zero attached hydrogens (tertiary/aromatic N) is 5. The van der Waals surface area contributed by atoms with Gasteiger partial charge in [-0.25, -0.2) is 9.78 Å². The summed E-state index contributed by atoms with van der Waals surface area (Å²) in [6, 6.07) is 27.4. The van der Waals surface area contributed by atoms with Crippen molar-refractivity contribution in [1.82, 2.24) is 23.7 Å². The molecule has 0 unspecified atom stereocenters. The maximum Gasteiger partial charge on any atom is 2.00 e. The SMILES string of the molecule is [2H]c1c([2H])c([2H])c(-c2cccc(-c3c([2H])c([2H])c([2H])c([2H])c3[2H])c2-n2c(=O)n(-c3[c-]c(Oc4[c-]c5c(cc4)c4ccccc4n5-c4cc(C(C)(C)C)ccn4)ccc3)c3cnccc32)c([2H])c1[2H].[Pt+2]. The molecule has 4 aromatic heterocycles. The van der Waals surface area contributed by atoms with Crippen molar-refractivity contribution in [1.29, 1.82) is 0 Å². The molecule has 288 valence electrons. The number of rotatable bonds is 7. The molecule has 7 nitrogen and oxygen atoms in total. The quantitative estimate of drug-likeness (QED) is 0.149. The van der Waals surface area contributed by atoms with Crippen LogP contribution < -0.4 is 10.4 Å². The molecule has 0 fully saturated rings. The number of hydrogen-bond donors (Lipinski definition) is 0. The Balaban J connectivity index is 0.00000593. The van der Waals surface area contributed by atoms with Crippen molar-refractivity contribution in [3.05, 3.63) is 198 Å². The average molecular weight is 957 g/mol. The predicted molar refractivity (Wildman–Crippen MR) is 233 cm³/mol. The van der Waals surface area contributed by atoms with Crippen molar-refractivity contribution >= 4 is 32.8 Å². The number of fused-ring (bicyclic) bond motifs is 4. The summed E-state index contributed by atoms with van der Waals surface area (Å²) in [7, 11) is 0. The van der Waals surface area contributed by atoms with Crippen LogP contribution in [0.3, 0.4) is 0 Å². The summed E-state index contributed by atoms with van der Waals surface area (Å²) in [6.07, 6.45) is 4.70. The van der Waals surface area contributed by atoms with Crippen LogP contribution in [0.5, 0.6) is 11.5 Å². The number of ether oxygens (including phenoxy) is 1.